The summed E-state index contributed by atoms with van der Waals surface area (Å²) in [5.41, 5.74) is 2.35. The first-order chi connectivity index (χ1) is 12.2. The topological polar surface area (TPSA) is 64.0 Å². The van der Waals surface area contributed by atoms with Crippen molar-refractivity contribution in [2.24, 2.45) is 7.05 Å². The molecule has 0 saturated heterocycles. The Hall–Kier alpha value is -3.21. The Morgan fingerprint density at radius 2 is 1.56 bits per heavy atom. The molecule has 0 radical (unpaired) electrons. The van der Waals surface area contributed by atoms with Crippen LogP contribution in [0.15, 0.2) is 72.9 Å². The molecule has 1 amide bonds. The van der Waals surface area contributed by atoms with E-state index in [-0.39, 0.29) is 11.8 Å². The number of aromatic nitrogens is 2. The molecule has 25 heavy (non-hydrogen) atoms. The molecular weight excluding hydrogens is 314 g/mol. The van der Waals surface area contributed by atoms with Crippen molar-refractivity contribution in [1.29, 1.82) is 0 Å². The summed E-state index contributed by atoms with van der Waals surface area (Å²) in [6.07, 6.45) is 2.34. The Kier molecular flexibility index (Phi) is 5.04. The van der Waals surface area contributed by atoms with Gasteiger partial charge < -0.3 is 10.1 Å². The summed E-state index contributed by atoms with van der Waals surface area (Å²) < 4.78 is 1.48. The first-order valence-corrected chi connectivity index (χ1v) is 8.04. The van der Waals surface area contributed by atoms with Gasteiger partial charge in [0.15, 0.2) is 0 Å². The fourth-order valence-electron chi connectivity index (χ4n) is 2.95. The van der Waals surface area contributed by atoms with Gasteiger partial charge in [-0.15, -0.1) is 0 Å². The van der Waals surface area contributed by atoms with Crippen molar-refractivity contribution in [3.63, 3.8) is 0 Å². The van der Waals surface area contributed by atoms with Gasteiger partial charge in [-0.3, -0.25) is 9.48 Å². The van der Waals surface area contributed by atoms with E-state index < -0.39 is 6.04 Å². The molecule has 1 atom stereocenters. The molecule has 0 aliphatic carbocycles. The predicted octanol–water partition coefficient (Wildman–Crippen LogP) is 2.55. The minimum atomic E-state index is -0.688. The number of rotatable bonds is 6. The van der Waals surface area contributed by atoms with Crippen molar-refractivity contribution in [3.8, 4) is 0 Å². The summed E-state index contributed by atoms with van der Waals surface area (Å²) >= 11 is 0. The highest BCUT2D eigenvalue weighted by Crippen LogP contribution is 2.27. The minimum absolute atomic E-state index is 0.267. The first-order valence-electron chi connectivity index (χ1n) is 8.04. The van der Waals surface area contributed by atoms with Crippen LogP contribution in [0.25, 0.3) is 0 Å². The normalized spacial score (nSPS) is 11.9. The van der Waals surface area contributed by atoms with Gasteiger partial charge >= 0.3 is 0 Å². The average molecular weight is 333 g/mol. The van der Waals surface area contributed by atoms with Gasteiger partial charge in [0, 0.05) is 19.2 Å². The number of benzene rings is 2. The van der Waals surface area contributed by atoms with Crippen molar-refractivity contribution < 1.29 is 9.59 Å². The van der Waals surface area contributed by atoms with Crippen LogP contribution in [0.1, 0.15) is 27.5 Å². The highest BCUT2D eigenvalue weighted by atomic mass is 16.2. The van der Waals surface area contributed by atoms with E-state index in [0.29, 0.717) is 5.69 Å². The zero-order chi connectivity index (χ0) is 17.6. The molecule has 1 aromatic heterocycles. The van der Waals surface area contributed by atoms with Crippen molar-refractivity contribution in [3.05, 3.63) is 89.7 Å². The second-order valence-electron chi connectivity index (χ2n) is 5.77. The molecule has 0 fully saturated rings. The van der Waals surface area contributed by atoms with Gasteiger partial charge in [0.1, 0.15) is 12.0 Å². The lowest BCUT2D eigenvalue weighted by molar-refractivity contribution is -0.109. The molecule has 5 nitrogen and oxygen atoms in total. The lowest BCUT2D eigenvalue weighted by atomic mass is 9.85. The van der Waals surface area contributed by atoms with Crippen LogP contribution in [-0.2, 0) is 11.8 Å². The molecular formula is C20H19N3O2. The second kappa shape index (κ2) is 7.57. The molecule has 0 bridgehead atoms. The fraction of sp³-hybridized carbons (Fsp3) is 0.150. The van der Waals surface area contributed by atoms with E-state index in [2.05, 4.69) is 10.4 Å². The van der Waals surface area contributed by atoms with Gasteiger partial charge in [0.25, 0.3) is 5.91 Å². The number of amides is 1. The number of aldehydes is 1. The van der Waals surface area contributed by atoms with Crippen LogP contribution in [0.4, 0.5) is 0 Å². The molecule has 0 saturated carbocycles. The van der Waals surface area contributed by atoms with Gasteiger partial charge in [-0.2, -0.15) is 5.10 Å². The number of nitrogens with zero attached hydrogens (tertiary/aromatic N) is 2. The van der Waals surface area contributed by atoms with Crippen molar-refractivity contribution in [2.45, 2.75) is 12.0 Å². The first kappa shape index (κ1) is 16.6. The third kappa shape index (κ3) is 3.66. The van der Waals surface area contributed by atoms with E-state index in [0.717, 1.165) is 17.4 Å². The molecule has 126 valence electrons. The van der Waals surface area contributed by atoms with E-state index in [9.17, 15) is 9.59 Å². The quantitative estimate of drug-likeness (QED) is 0.705. The minimum Gasteiger partial charge on any atom is -0.340 e. The van der Waals surface area contributed by atoms with Crippen LogP contribution in [-0.4, -0.2) is 28.0 Å². The molecule has 0 spiro atoms. The third-order valence-corrected chi connectivity index (χ3v) is 4.17. The number of nitrogens with one attached hydrogen (secondary N) is 1. The molecule has 1 heterocycles. The molecule has 3 rings (SSSR count). The van der Waals surface area contributed by atoms with E-state index in [1.165, 1.54) is 4.68 Å². The second-order valence-corrected chi connectivity index (χ2v) is 5.77. The van der Waals surface area contributed by atoms with Gasteiger partial charge in [0.05, 0.1) is 6.04 Å². The Labute approximate surface area is 146 Å². The summed E-state index contributed by atoms with van der Waals surface area (Å²) in [4.78, 5) is 24.4. The summed E-state index contributed by atoms with van der Waals surface area (Å²) in [5, 5.41) is 6.84. The van der Waals surface area contributed by atoms with Crippen LogP contribution >= 0.6 is 0 Å². The summed E-state index contributed by atoms with van der Waals surface area (Å²) in [6.45, 7) is 0. The van der Waals surface area contributed by atoms with Crippen molar-refractivity contribution in [1.82, 2.24) is 15.1 Å². The highest BCUT2D eigenvalue weighted by Gasteiger charge is 2.27. The van der Waals surface area contributed by atoms with Gasteiger partial charge in [0.2, 0.25) is 0 Å². The average Bonchev–Trinajstić information content (AvgIpc) is 3.09. The molecule has 0 aliphatic heterocycles. The van der Waals surface area contributed by atoms with Gasteiger partial charge in [-0.1, -0.05) is 60.7 Å². The molecule has 1 N–H and O–H groups in total. The Bertz CT molecular complexity index is 804. The molecule has 3 aromatic rings. The summed E-state index contributed by atoms with van der Waals surface area (Å²) in [7, 11) is 1.69. The summed E-state index contributed by atoms with van der Waals surface area (Å²) in [5.74, 6) is -0.592. The SMILES string of the molecule is Cn1nccc1C(=O)NC(C=O)C(c1ccccc1)c1ccccc1. The predicted molar refractivity (Wildman–Crippen MR) is 95.3 cm³/mol. The lowest BCUT2D eigenvalue weighted by Crippen LogP contribution is -2.41. The van der Waals surface area contributed by atoms with Crippen LogP contribution < -0.4 is 5.32 Å². The maximum Gasteiger partial charge on any atom is 0.270 e. The van der Waals surface area contributed by atoms with Gasteiger partial charge in [-0.25, -0.2) is 0 Å². The van der Waals surface area contributed by atoms with Crippen LogP contribution in [0, 0.1) is 0 Å². The number of aryl methyl sites for hydroxylation is 1. The number of carbonyl (C=O) groups is 2. The monoisotopic (exact) mass is 333 g/mol. The lowest BCUT2D eigenvalue weighted by Gasteiger charge is -2.25. The summed E-state index contributed by atoms with van der Waals surface area (Å²) in [6, 6.07) is 20.3. The number of carbonyl (C=O) groups excluding carboxylic acids is 2. The maximum absolute atomic E-state index is 12.5. The van der Waals surface area contributed by atoms with E-state index in [1.54, 1.807) is 19.3 Å². The van der Waals surface area contributed by atoms with E-state index >= 15 is 0 Å². The molecule has 0 aliphatic rings. The number of hydrogen-bond acceptors (Lipinski definition) is 3. The maximum atomic E-state index is 12.5. The zero-order valence-corrected chi connectivity index (χ0v) is 13.9. The van der Waals surface area contributed by atoms with E-state index in [1.807, 2.05) is 60.7 Å². The molecule has 2 aromatic carbocycles. The van der Waals surface area contributed by atoms with Crippen molar-refractivity contribution >= 4 is 12.2 Å². The smallest absolute Gasteiger partial charge is 0.270 e. The fourth-order valence-corrected chi connectivity index (χ4v) is 2.95. The zero-order valence-electron chi connectivity index (χ0n) is 13.9. The Morgan fingerprint density at radius 1 is 1.00 bits per heavy atom. The number of hydrogen-bond donors (Lipinski definition) is 1. The highest BCUT2D eigenvalue weighted by molar-refractivity contribution is 5.94. The molecule has 5 heteroatoms. The molecule has 1 unspecified atom stereocenters. The van der Waals surface area contributed by atoms with E-state index in [4.69, 9.17) is 0 Å². The van der Waals surface area contributed by atoms with Gasteiger partial charge in [-0.05, 0) is 17.2 Å². The Morgan fingerprint density at radius 3 is 2.00 bits per heavy atom. The standard InChI is InChI=1S/C20H19N3O2/c1-23-18(12-13-21-23)20(25)22-17(14-24)19(15-8-4-2-5-9-15)16-10-6-3-7-11-16/h2-14,17,19H,1H3,(H,22,25). The Balaban J connectivity index is 1.95. The largest absolute Gasteiger partial charge is 0.340 e. The van der Waals surface area contributed by atoms with Crippen molar-refractivity contribution in [2.75, 3.05) is 0 Å². The van der Waals surface area contributed by atoms with Crippen LogP contribution in [0.2, 0.25) is 0 Å². The third-order valence-electron chi connectivity index (χ3n) is 4.17. The van der Waals surface area contributed by atoms with Crippen LogP contribution in [0.3, 0.4) is 0 Å². The van der Waals surface area contributed by atoms with Crippen LogP contribution in [0.5, 0.6) is 0 Å².